The molecule has 0 saturated carbocycles. The molecule has 2 aromatic rings. The largest absolute Gasteiger partial charge is 0.338 e. The van der Waals surface area contributed by atoms with Crippen LogP contribution in [0.4, 0.5) is 0 Å². The van der Waals surface area contributed by atoms with Gasteiger partial charge in [0.1, 0.15) is 0 Å². The molecule has 0 aliphatic heterocycles. The van der Waals surface area contributed by atoms with Gasteiger partial charge in [0.25, 0.3) is 0 Å². The highest BCUT2D eigenvalue weighted by Gasteiger charge is 2.15. The monoisotopic (exact) mass is 259 g/mol. The first kappa shape index (κ1) is 13.7. The maximum absolute atomic E-state index is 5.23. The van der Waals surface area contributed by atoms with Crippen molar-refractivity contribution in [3.63, 3.8) is 0 Å². The summed E-state index contributed by atoms with van der Waals surface area (Å²) in [5.74, 6) is 1.45. The topological polar surface area (TPSA) is 42.2 Å². The van der Waals surface area contributed by atoms with Crippen molar-refractivity contribution >= 4 is 0 Å². The van der Waals surface area contributed by atoms with Gasteiger partial charge >= 0.3 is 0 Å². The zero-order chi connectivity index (χ0) is 13.8. The molecule has 1 aromatic heterocycles. The molecule has 2 rings (SSSR count). The van der Waals surface area contributed by atoms with Gasteiger partial charge < -0.3 is 4.52 Å². The Bertz CT molecular complexity index is 518. The molecule has 0 bridgehead atoms. The summed E-state index contributed by atoms with van der Waals surface area (Å²) >= 11 is 0. The normalized spacial score (nSPS) is 12.9. The van der Waals surface area contributed by atoms with E-state index in [2.05, 4.69) is 60.2 Å². The van der Waals surface area contributed by atoms with Gasteiger partial charge in [-0.2, -0.15) is 4.98 Å². The van der Waals surface area contributed by atoms with Crippen LogP contribution in [0.1, 0.15) is 42.7 Å². The highest BCUT2D eigenvalue weighted by atomic mass is 16.5. The van der Waals surface area contributed by atoms with Crippen molar-refractivity contribution in [3.05, 3.63) is 47.1 Å². The predicted molar refractivity (Wildman–Crippen MR) is 74.7 cm³/mol. The predicted octanol–water partition coefficient (Wildman–Crippen LogP) is 3.13. The van der Waals surface area contributed by atoms with Gasteiger partial charge in [0.2, 0.25) is 5.89 Å². The van der Waals surface area contributed by atoms with Crippen molar-refractivity contribution in [2.24, 2.45) is 0 Å². The van der Waals surface area contributed by atoms with Crippen LogP contribution in [0.5, 0.6) is 0 Å². The summed E-state index contributed by atoms with van der Waals surface area (Å²) in [7, 11) is 2.07. The van der Waals surface area contributed by atoms with Crippen LogP contribution in [0.3, 0.4) is 0 Å². The Morgan fingerprint density at radius 2 is 1.95 bits per heavy atom. The second kappa shape index (κ2) is 5.97. The standard InChI is InChI=1S/C15H21N3O/c1-5-14-16-15(19-17-14)10-18(4)12(3)13-8-6-11(2)7-9-13/h6-9,12H,5,10H2,1-4H3/t12-/m0/s1. The molecular weight excluding hydrogens is 238 g/mol. The fourth-order valence-electron chi connectivity index (χ4n) is 1.95. The molecule has 0 saturated heterocycles. The lowest BCUT2D eigenvalue weighted by atomic mass is 10.1. The van der Waals surface area contributed by atoms with E-state index in [1.165, 1.54) is 11.1 Å². The summed E-state index contributed by atoms with van der Waals surface area (Å²) in [5, 5.41) is 3.92. The molecule has 1 aromatic carbocycles. The Labute approximate surface area is 114 Å². The quantitative estimate of drug-likeness (QED) is 0.827. The van der Waals surface area contributed by atoms with Crippen LogP contribution < -0.4 is 0 Å². The van der Waals surface area contributed by atoms with E-state index in [0.29, 0.717) is 18.5 Å². The SMILES string of the molecule is CCc1noc(CN(C)[C@@H](C)c2ccc(C)cc2)n1. The third-order valence-electron chi connectivity index (χ3n) is 3.43. The van der Waals surface area contributed by atoms with Crippen LogP contribution in [-0.2, 0) is 13.0 Å². The van der Waals surface area contributed by atoms with E-state index in [1.54, 1.807) is 0 Å². The van der Waals surface area contributed by atoms with E-state index in [0.717, 1.165) is 12.2 Å². The lowest BCUT2D eigenvalue weighted by Crippen LogP contribution is -2.22. The lowest BCUT2D eigenvalue weighted by Gasteiger charge is -2.23. The van der Waals surface area contributed by atoms with Crippen LogP contribution in [0, 0.1) is 6.92 Å². The van der Waals surface area contributed by atoms with Gasteiger partial charge in [0.05, 0.1) is 6.54 Å². The summed E-state index contributed by atoms with van der Waals surface area (Å²) in [6, 6.07) is 8.93. The van der Waals surface area contributed by atoms with Gasteiger partial charge in [-0.15, -0.1) is 0 Å². The molecule has 4 heteroatoms. The first-order valence-electron chi connectivity index (χ1n) is 6.68. The number of benzene rings is 1. The van der Waals surface area contributed by atoms with Gasteiger partial charge in [-0.25, -0.2) is 0 Å². The molecule has 0 aliphatic rings. The van der Waals surface area contributed by atoms with Crippen LogP contribution >= 0.6 is 0 Å². The van der Waals surface area contributed by atoms with Crippen LogP contribution in [-0.4, -0.2) is 22.1 Å². The van der Waals surface area contributed by atoms with Gasteiger partial charge in [0.15, 0.2) is 5.82 Å². The van der Waals surface area contributed by atoms with E-state index in [4.69, 9.17) is 4.52 Å². The zero-order valence-corrected chi connectivity index (χ0v) is 12.1. The average Bonchev–Trinajstić information content (AvgIpc) is 2.86. The Morgan fingerprint density at radius 3 is 2.53 bits per heavy atom. The van der Waals surface area contributed by atoms with E-state index < -0.39 is 0 Å². The molecular formula is C15H21N3O. The molecule has 0 fully saturated rings. The third-order valence-corrected chi connectivity index (χ3v) is 3.43. The lowest BCUT2D eigenvalue weighted by molar-refractivity contribution is 0.216. The Balaban J connectivity index is 2.02. The minimum atomic E-state index is 0.317. The second-order valence-electron chi connectivity index (χ2n) is 4.96. The Kier molecular flexibility index (Phi) is 4.32. The maximum atomic E-state index is 5.23. The first-order valence-corrected chi connectivity index (χ1v) is 6.68. The van der Waals surface area contributed by atoms with Crippen LogP contribution in [0.15, 0.2) is 28.8 Å². The number of hydrogen-bond acceptors (Lipinski definition) is 4. The van der Waals surface area contributed by atoms with E-state index in [1.807, 2.05) is 6.92 Å². The van der Waals surface area contributed by atoms with Gasteiger partial charge in [-0.1, -0.05) is 41.9 Å². The first-order chi connectivity index (χ1) is 9.10. The van der Waals surface area contributed by atoms with Crippen LogP contribution in [0.2, 0.25) is 0 Å². The minimum Gasteiger partial charge on any atom is -0.338 e. The maximum Gasteiger partial charge on any atom is 0.240 e. The molecule has 0 aliphatic carbocycles. The molecule has 0 unspecified atom stereocenters. The number of aromatic nitrogens is 2. The molecule has 4 nitrogen and oxygen atoms in total. The summed E-state index contributed by atoms with van der Waals surface area (Å²) in [6.07, 6.45) is 0.806. The fourth-order valence-corrected chi connectivity index (χ4v) is 1.95. The van der Waals surface area contributed by atoms with Crippen molar-refractivity contribution in [3.8, 4) is 0 Å². The van der Waals surface area contributed by atoms with Crippen molar-refractivity contribution in [1.82, 2.24) is 15.0 Å². The molecule has 0 radical (unpaired) electrons. The van der Waals surface area contributed by atoms with Crippen molar-refractivity contribution < 1.29 is 4.52 Å². The van der Waals surface area contributed by atoms with E-state index >= 15 is 0 Å². The molecule has 0 spiro atoms. The molecule has 1 atom stereocenters. The molecule has 1 heterocycles. The number of nitrogens with zero attached hydrogens (tertiary/aromatic N) is 3. The van der Waals surface area contributed by atoms with Crippen molar-refractivity contribution in [2.45, 2.75) is 39.8 Å². The highest BCUT2D eigenvalue weighted by Crippen LogP contribution is 2.20. The Hall–Kier alpha value is -1.68. The van der Waals surface area contributed by atoms with E-state index in [-0.39, 0.29) is 0 Å². The molecule has 19 heavy (non-hydrogen) atoms. The summed E-state index contributed by atoms with van der Waals surface area (Å²) < 4.78 is 5.23. The number of hydrogen-bond donors (Lipinski definition) is 0. The molecule has 0 N–H and O–H groups in total. The smallest absolute Gasteiger partial charge is 0.240 e. The highest BCUT2D eigenvalue weighted by molar-refractivity contribution is 5.23. The summed E-state index contributed by atoms with van der Waals surface area (Å²) in [4.78, 5) is 6.55. The van der Waals surface area contributed by atoms with Crippen molar-refractivity contribution in [2.75, 3.05) is 7.05 Å². The van der Waals surface area contributed by atoms with Gasteiger partial charge in [-0.05, 0) is 26.5 Å². The van der Waals surface area contributed by atoms with Crippen LogP contribution in [0.25, 0.3) is 0 Å². The zero-order valence-electron chi connectivity index (χ0n) is 12.1. The van der Waals surface area contributed by atoms with Gasteiger partial charge in [-0.3, -0.25) is 4.90 Å². The minimum absolute atomic E-state index is 0.317. The number of aryl methyl sites for hydroxylation is 2. The fraction of sp³-hybridized carbons (Fsp3) is 0.467. The second-order valence-corrected chi connectivity index (χ2v) is 4.96. The van der Waals surface area contributed by atoms with Crippen molar-refractivity contribution in [1.29, 1.82) is 0 Å². The Morgan fingerprint density at radius 1 is 1.26 bits per heavy atom. The van der Waals surface area contributed by atoms with E-state index in [9.17, 15) is 0 Å². The molecule has 102 valence electrons. The summed E-state index contributed by atoms with van der Waals surface area (Å²) in [6.45, 7) is 6.97. The number of rotatable bonds is 5. The average molecular weight is 259 g/mol. The summed E-state index contributed by atoms with van der Waals surface area (Å²) in [5.41, 5.74) is 2.58. The molecule has 0 amide bonds. The van der Waals surface area contributed by atoms with Gasteiger partial charge in [0, 0.05) is 12.5 Å². The third kappa shape index (κ3) is 3.41.